The quantitative estimate of drug-likeness (QED) is 0.548. The number of hydrogen-bond donors (Lipinski definition) is 3. The normalized spacial score (nSPS) is 17.4. The lowest BCUT2D eigenvalue weighted by Crippen LogP contribution is -2.39. The maximum atomic E-state index is 12.5. The molecule has 1 fully saturated rings. The third-order valence-corrected chi connectivity index (χ3v) is 5.79. The lowest BCUT2D eigenvalue weighted by atomic mass is 10.0. The number of carbonyl (C=O) groups is 1. The van der Waals surface area contributed by atoms with Gasteiger partial charge in [-0.3, -0.25) is 4.79 Å². The van der Waals surface area contributed by atoms with Crippen LogP contribution in [0.15, 0.2) is 34.2 Å². The van der Waals surface area contributed by atoms with Gasteiger partial charge in [0.2, 0.25) is 5.91 Å². The van der Waals surface area contributed by atoms with E-state index >= 15 is 0 Å². The van der Waals surface area contributed by atoms with Gasteiger partial charge in [0.25, 0.3) is 0 Å². The molecule has 1 aliphatic rings. The summed E-state index contributed by atoms with van der Waals surface area (Å²) in [7, 11) is 0. The first kappa shape index (κ1) is 19.7. The first-order valence-electron chi connectivity index (χ1n) is 9.68. The molecule has 29 heavy (non-hydrogen) atoms. The fourth-order valence-electron chi connectivity index (χ4n) is 3.35. The van der Waals surface area contributed by atoms with Crippen molar-refractivity contribution in [2.75, 3.05) is 25.0 Å². The predicted octanol–water partition coefficient (Wildman–Crippen LogP) is 2.69. The monoisotopic (exact) mass is 412 g/mol. The molecular weight excluding hydrogens is 388 g/mol. The number of nitrogens with one attached hydrogen (secondary N) is 3. The average molecular weight is 413 g/mol. The molecule has 0 bridgehead atoms. The topological polar surface area (TPSA) is 105 Å². The third-order valence-electron chi connectivity index (χ3n) is 5.00. The number of amides is 1. The molecule has 1 saturated heterocycles. The SMILES string of the molecule is Cc1ccc(-c2nc(NC(=O)CNC(C)C3CCNC3)cc(-c3nccs3)n2)o1. The number of aryl methyl sites for hydroxylation is 1. The van der Waals surface area contributed by atoms with Gasteiger partial charge in [0, 0.05) is 23.7 Å². The number of hydrogen-bond acceptors (Lipinski definition) is 8. The molecule has 8 nitrogen and oxygen atoms in total. The number of aromatic nitrogens is 3. The maximum Gasteiger partial charge on any atom is 0.239 e. The molecule has 152 valence electrons. The van der Waals surface area contributed by atoms with E-state index in [1.165, 1.54) is 11.3 Å². The van der Waals surface area contributed by atoms with Gasteiger partial charge >= 0.3 is 0 Å². The van der Waals surface area contributed by atoms with Crippen LogP contribution in [0.3, 0.4) is 0 Å². The first-order valence-corrected chi connectivity index (χ1v) is 10.6. The van der Waals surface area contributed by atoms with Gasteiger partial charge in [-0.2, -0.15) is 0 Å². The second-order valence-electron chi connectivity index (χ2n) is 7.18. The second kappa shape index (κ2) is 8.81. The van der Waals surface area contributed by atoms with E-state index in [4.69, 9.17) is 4.42 Å². The highest BCUT2D eigenvalue weighted by molar-refractivity contribution is 7.13. The van der Waals surface area contributed by atoms with E-state index < -0.39 is 0 Å². The molecular formula is C20H24N6O2S. The lowest BCUT2D eigenvalue weighted by Gasteiger charge is -2.19. The summed E-state index contributed by atoms with van der Waals surface area (Å²) < 4.78 is 5.66. The van der Waals surface area contributed by atoms with Crippen molar-refractivity contribution in [2.24, 2.45) is 5.92 Å². The van der Waals surface area contributed by atoms with Crippen molar-refractivity contribution in [1.82, 2.24) is 25.6 Å². The van der Waals surface area contributed by atoms with Crippen LogP contribution in [0.1, 0.15) is 19.1 Å². The summed E-state index contributed by atoms with van der Waals surface area (Å²) in [5, 5.41) is 12.2. The number of rotatable bonds is 7. The van der Waals surface area contributed by atoms with Crippen LogP contribution in [0, 0.1) is 12.8 Å². The van der Waals surface area contributed by atoms with Crippen LogP contribution in [-0.4, -0.2) is 46.5 Å². The van der Waals surface area contributed by atoms with Crippen molar-refractivity contribution < 1.29 is 9.21 Å². The van der Waals surface area contributed by atoms with E-state index in [0.29, 0.717) is 29.0 Å². The third kappa shape index (κ3) is 4.87. The summed E-state index contributed by atoms with van der Waals surface area (Å²) in [4.78, 5) is 25.8. The Balaban J connectivity index is 1.49. The molecule has 9 heteroatoms. The van der Waals surface area contributed by atoms with E-state index in [1.807, 2.05) is 24.4 Å². The van der Waals surface area contributed by atoms with E-state index in [2.05, 4.69) is 37.8 Å². The molecule has 0 spiro atoms. The van der Waals surface area contributed by atoms with Gasteiger partial charge in [-0.05, 0) is 51.4 Å². The Morgan fingerprint density at radius 3 is 3.00 bits per heavy atom. The molecule has 2 atom stereocenters. The van der Waals surface area contributed by atoms with Gasteiger partial charge in [0.15, 0.2) is 11.6 Å². The average Bonchev–Trinajstić information content (AvgIpc) is 3.48. The van der Waals surface area contributed by atoms with Gasteiger partial charge < -0.3 is 20.4 Å². The molecule has 0 aromatic carbocycles. The minimum Gasteiger partial charge on any atom is -0.458 e. The molecule has 1 aliphatic heterocycles. The maximum absolute atomic E-state index is 12.5. The van der Waals surface area contributed by atoms with Gasteiger partial charge in [-0.1, -0.05) is 0 Å². The molecule has 0 radical (unpaired) electrons. The van der Waals surface area contributed by atoms with E-state index in [1.54, 1.807) is 12.3 Å². The molecule has 0 aliphatic carbocycles. The molecule has 4 rings (SSSR count). The fraction of sp³-hybridized carbons (Fsp3) is 0.400. The van der Waals surface area contributed by atoms with Gasteiger partial charge in [0.05, 0.1) is 6.54 Å². The van der Waals surface area contributed by atoms with Crippen molar-refractivity contribution in [3.8, 4) is 22.3 Å². The minimum absolute atomic E-state index is 0.145. The van der Waals surface area contributed by atoms with E-state index in [9.17, 15) is 4.79 Å². The van der Waals surface area contributed by atoms with Gasteiger partial charge in [-0.15, -0.1) is 11.3 Å². The Hall–Kier alpha value is -2.62. The Labute approximate surface area is 173 Å². The van der Waals surface area contributed by atoms with Crippen LogP contribution in [0.2, 0.25) is 0 Å². The van der Waals surface area contributed by atoms with Crippen LogP contribution in [-0.2, 0) is 4.79 Å². The molecule has 1 amide bonds. The standard InChI is InChI=1S/C20H24N6O2S/c1-12-3-4-16(28-12)19-24-15(20-22-7-8-29-20)9-17(26-19)25-18(27)11-23-13(2)14-5-6-21-10-14/h3-4,7-9,13-14,21,23H,5-6,10-11H2,1-2H3,(H,24,25,26,27). The van der Waals surface area contributed by atoms with E-state index in [-0.39, 0.29) is 18.5 Å². The van der Waals surface area contributed by atoms with Gasteiger partial charge in [0.1, 0.15) is 22.3 Å². The zero-order valence-corrected chi connectivity index (χ0v) is 17.3. The summed E-state index contributed by atoms with van der Waals surface area (Å²) in [6.07, 6.45) is 2.85. The molecule has 0 saturated carbocycles. The lowest BCUT2D eigenvalue weighted by molar-refractivity contribution is -0.115. The Kier molecular flexibility index (Phi) is 5.98. The number of carbonyl (C=O) groups excluding carboxylic acids is 1. The van der Waals surface area contributed by atoms with Crippen molar-refractivity contribution in [2.45, 2.75) is 26.3 Å². The number of furan rings is 1. The molecule has 2 unspecified atom stereocenters. The second-order valence-corrected chi connectivity index (χ2v) is 8.07. The summed E-state index contributed by atoms with van der Waals surface area (Å²) in [5.41, 5.74) is 0.646. The Bertz CT molecular complexity index is 965. The number of nitrogens with zero attached hydrogens (tertiary/aromatic N) is 3. The summed E-state index contributed by atoms with van der Waals surface area (Å²) in [6, 6.07) is 5.69. The van der Waals surface area contributed by atoms with Crippen LogP contribution >= 0.6 is 11.3 Å². The first-order chi connectivity index (χ1) is 14.1. The molecule has 4 heterocycles. The number of anilines is 1. The van der Waals surface area contributed by atoms with Crippen molar-refractivity contribution in [1.29, 1.82) is 0 Å². The summed E-state index contributed by atoms with van der Waals surface area (Å²) in [5.74, 6) is 2.57. The van der Waals surface area contributed by atoms with Crippen LogP contribution in [0.25, 0.3) is 22.3 Å². The summed E-state index contributed by atoms with van der Waals surface area (Å²) in [6.45, 7) is 6.24. The van der Waals surface area contributed by atoms with Gasteiger partial charge in [-0.25, -0.2) is 15.0 Å². The molecule has 3 N–H and O–H groups in total. The minimum atomic E-state index is -0.145. The predicted molar refractivity (Wildman–Crippen MR) is 113 cm³/mol. The van der Waals surface area contributed by atoms with Crippen LogP contribution in [0.5, 0.6) is 0 Å². The largest absolute Gasteiger partial charge is 0.458 e. The van der Waals surface area contributed by atoms with Crippen molar-refractivity contribution in [3.05, 3.63) is 35.5 Å². The van der Waals surface area contributed by atoms with Crippen molar-refractivity contribution >= 4 is 23.1 Å². The smallest absolute Gasteiger partial charge is 0.239 e. The highest BCUT2D eigenvalue weighted by atomic mass is 32.1. The summed E-state index contributed by atoms with van der Waals surface area (Å²) >= 11 is 1.48. The Morgan fingerprint density at radius 1 is 1.41 bits per heavy atom. The zero-order chi connectivity index (χ0) is 20.2. The van der Waals surface area contributed by atoms with Crippen LogP contribution in [0.4, 0.5) is 5.82 Å². The highest BCUT2D eigenvalue weighted by Crippen LogP contribution is 2.26. The number of thiazole rings is 1. The molecule has 3 aromatic rings. The Morgan fingerprint density at radius 2 is 2.31 bits per heavy atom. The van der Waals surface area contributed by atoms with E-state index in [0.717, 1.165) is 30.3 Å². The highest BCUT2D eigenvalue weighted by Gasteiger charge is 2.21. The molecule has 3 aromatic heterocycles. The zero-order valence-electron chi connectivity index (χ0n) is 16.4. The van der Waals surface area contributed by atoms with Crippen LogP contribution < -0.4 is 16.0 Å². The fourth-order valence-corrected chi connectivity index (χ4v) is 3.94. The van der Waals surface area contributed by atoms with Crippen molar-refractivity contribution in [3.63, 3.8) is 0 Å².